The molecule has 0 radical (unpaired) electrons. The number of benzene rings is 1. The molecule has 24 heavy (non-hydrogen) atoms. The molecule has 1 aliphatic heterocycles. The van der Waals surface area contributed by atoms with E-state index in [4.69, 9.17) is 22.6 Å². The Kier molecular flexibility index (Phi) is 4.57. The number of alkyl halides is 3. The number of aliphatic hydroxyl groups excluding tert-OH is 1. The van der Waals surface area contributed by atoms with E-state index >= 15 is 0 Å². The lowest BCUT2D eigenvalue weighted by molar-refractivity contribution is -0.137. The monoisotopic (exact) mass is 357 g/mol. The molecule has 1 aromatic carbocycles. The molecule has 1 heterocycles. The van der Waals surface area contributed by atoms with Gasteiger partial charge in [0.05, 0.1) is 29.5 Å². The maximum Gasteiger partial charge on any atom is 0.417 e. The Labute approximate surface area is 141 Å². The molecule has 0 saturated carbocycles. The Balaban J connectivity index is 2.55. The summed E-state index contributed by atoms with van der Waals surface area (Å²) in [7, 11) is 0. The third kappa shape index (κ3) is 2.83. The number of nitrogens with zero attached hydrogens (tertiary/aromatic N) is 3. The minimum absolute atomic E-state index is 0.0110. The number of halogens is 3. The van der Waals surface area contributed by atoms with Gasteiger partial charge in [-0.05, 0) is 44.3 Å². The lowest BCUT2D eigenvalue weighted by Gasteiger charge is -2.28. The molecule has 1 fully saturated rings. The highest BCUT2D eigenvalue weighted by atomic mass is 32.1. The summed E-state index contributed by atoms with van der Waals surface area (Å²) in [5.41, 5.74) is -2.82. The normalized spacial score (nSPS) is 17.4. The van der Waals surface area contributed by atoms with Crippen molar-refractivity contribution in [1.82, 2.24) is 4.90 Å². The molecule has 1 saturated heterocycles. The van der Waals surface area contributed by atoms with Crippen molar-refractivity contribution >= 4 is 28.9 Å². The molecule has 0 bridgehead atoms. The fourth-order valence-corrected chi connectivity index (χ4v) is 3.05. The molecule has 1 aliphatic rings. The SMILES string of the molecule is CC1(C)C(=O)N(c2ccc(C#N)c(C(F)(F)F)c2)C(=S)N1CCO. The van der Waals surface area contributed by atoms with Crippen LogP contribution in [0.25, 0.3) is 0 Å². The lowest BCUT2D eigenvalue weighted by atomic mass is 10.0. The predicted molar refractivity (Wildman–Crippen MR) is 84.1 cm³/mol. The number of β-amino-alcohol motifs (C(OH)–C–C–N with tert-alkyl or cyclic N) is 1. The molecular formula is C15H14F3N3O2S. The Morgan fingerprint density at radius 1 is 1.38 bits per heavy atom. The van der Waals surface area contributed by atoms with Crippen molar-refractivity contribution in [3.8, 4) is 6.07 Å². The third-order valence-corrected chi connectivity index (χ3v) is 4.24. The van der Waals surface area contributed by atoms with Crippen molar-refractivity contribution in [3.63, 3.8) is 0 Å². The topological polar surface area (TPSA) is 67.6 Å². The van der Waals surface area contributed by atoms with Gasteiger partial charge in [0, 0.05) is 6.54 Å². The first kappa shape index (κ1) is 18.2. The molecular weight excluding hydrogens is 343 g/mol. The van der Waals surface area contributed by atoms with Gasteiger partial charge >= 0.3 is 6.18 Å². The molecule has 1 N–H and O–H groups in total. The second-order valence-electron chi connectivity index (χ2n) is 5.70. The highest BCUT2D eigenvalue weighted by molar-refractivity contribution is 7.80. The highest BCUT2D eigenvalue weighted by Gasteiger charge is 2.49. The van der Waals surface area contributed by atoms with Gasteiger partial charge in [0.15, 0.2) is 5.11 Å². The number of anilines is 1. The zero-order valence-corrected chi connectivity index (χ0v) is 13.7. The lowest BCUT2D eigenvalue weighted by Crippen LogP contribution is -2.45. The van der Waals surface area contributed by atoms with E-state index in [0.717, 1.165) is 17.0 Å². The van der Waals surface area contributed by atoms with Gasteiger partial charge in [-0.25, -0.2) is 0 Å². The molecule has 0 aliphatic carbocycles. The van der Waals surface area contributed by atoms with Crippen LogP contribution >= 0.6 is 12.2 Å². The van der Waals surface area contributed by atoms with E-state index in [1.807, 2.05) is 0 Å². The van der Waals surface area contributed by atoms with Crippen LogP contribution in [-0.2, 0) is 11.0 Å². The van der Waals surface area contributed by atoms with E-state index in [0.29, 0.717) is 0 Å². The number of hydrogen-bond acceptors (Lipinski definition) is 4. The number of thiocarbonyl (C=S) groups is 1. The first-order valence-electron chi connectivity index (χ1n) is 6.94. The van der Waals surface area contributed by atoms with Gasteiger partial charge in [-0.2, -0.15) is 18.4 Å². The standard InChI is InChI=1S/C15H14F3N3O2S/c1-14(2)12(23)21(13(24)20(14)5-6-22)10-4-3-9(8-19)11(7-10)15(16,17)18/h3-4,7,22H,5-6H2,1-2H3. The minimum atomic E-state index is -4.73. The average molecular weight is 357 g/mol. The number of rotatable bonds is 3. The Morgan fingerprint density at radius 2 is 2.00 bits per heavy atom. The molecule has 0 aromatic heterocycles. The van der Waals surface area contributed by atoms with Crippen LogP contribution < -0.4 is 4.90 Å². The highest BCUT2D eigenvalue weighted by Crippen LogP contribution is 2.37. The summed E-state index contributed by atoms with van der Waals surface area (Å²) >= 11 is 5.21. The second kappa shape index (κ2) is 6.03. The van der Waals surface area contributed by atoms with Crippen LogP contribution in [0.5, 0.6) is 0 Å². The maximum atomic E-state index is 13.1. The largest absolute Gasteiger partial charge is 0.417 e. The van der Waals surface area contributed by atoms with E-state index in [1.54, 1.807) is 13.8 Å². The molecule has 0 unspecified atom stereocenters. The molecule has 9 heteroatoms. The molecule has 5 nitrogen and oxygen atoms in total. The Hall–Kier alpha value is -2.18. The van der Waals surface area contributed by atoms with Crippen LogP contribution in [0.1, 0.15) is 25.0 Å². The van der Waals surface area contributed by atoms with Gasteiger partial charge in [-0.3, -0.25) is 9.69 Å². The van der Waals surface area contributed by atoms with Crippen LogP contribution in [0.4, 0.5) is 18.9 Å². The summed E-state index contributed by atoms with van der Waals surface area (Å²) in [6.45, 7) is 2.97. The van der Waals surface area contributed by atoms with Crippen LogP contribution in [0.2, 0.25) is 0 Å². The molecule has 1 aromatic rings. The molecule has 0 atom stereocenters. The summed E-state index contributed by atoms with van der Waals surface area (Å²) in [6, 6.07) is 4.48. The van der Waals surface area contributed by atoms with Gasteiger partial charge in [0.1, 0.15) is 5.54 Å². The number of carbonyl (C=O) groups excluding carboxylic acids is 1. The average Bonchev–Trinajstić information content (AvgIpc) is 2.66. The fraction of sp³-hybridized carbons (Fsp3) is 0.400. The molecule has 1 amide bonds. The molecule has 128 valence electrons. The van der Waals surface area contributed by atoms with E-state index in [-0.39, 0.29) is 24.0 Å². The summed E-state index contributed by atoms with van der Waals surface area (Å²) < 4.78 is 39.3. The Morgan fingerprint density at radius 3 is 2.50 bits per heavy atom. The van der Waals surface area contributed by atoms with Crippen LogP contribution in [0.15, 0.2) is 18.2 Å². The third-order valence-electron chi connectivity index (χ3n) is 3.83. The van der Waals surface area contributed by atoms with Crippen molar-refractivity contribution in [2.45, 2.75) is 25.6 Å². The quantitative estimate of drug-likeness (QED) is 0.841. The second-order valence-corrected chi connectivity index (χ2v) is 6.06. The van der Waals surface area contributed by atoms with Crippen LogP contribution in [0.3, 0.4) is 0 Å². The van der Waals surface area contributed by atoms with Crippen molar-refractivity contribution in [2.24, 2.45) is 0 Å². The number of carbonyl (C=O) groups is 1. The van der Waals surface area contributed by atoms with Crippen molar-refractivity contribution < 1.29 is 23.1 Å². The molecule has 0 spiro atoms. The Bertz CT molecular complexity index is 740. The van der Waals surface area contributed by atoms with Crippen molar-refractivity contribution in [2.75, 3.05) is 18.1 Å². The number of hydrogen-bond donors (Lipinski definition) is 1. The van der Waals surface area contributed by atoms with Gasteiger partial charge in [-0.15, -0.1) is 0 Å². The first-order chi connectivity index (χ1) is 11.1. The number of aliphatic hydroxyl groups is 1. The summed E-state index contributed by atoms with van der Waals surface area (Å²) in [5.74, 6) is -0.501. The summed E-state index contributed by atoms with van der Waals surface area (Å²) in [5, 5.41) is 18.0. The molecule has 2 rings (SSSR count). The summed E-state index contributed by atoms with van der Waals surface area (Å²) in [4.78, 5) is 15.1. The zero-order valence-electron chi connectivity index (χ0n) is 12.9. The van der Waals surface area contributed by atoms with Gasteiger partial charge < -0.3 is 10.0 Å². The van der Waals surface area contributed by atoms with Crippen LogP contribution in [0, 0.1) is 11.3 Å². The predicted octanol–water partition coefficient (Wildman–Crippen LogP) is 2.28. The van der Waals surface area contributed by atoms with Gasteiger partial charge in [0.25, 0.3) is 5.91 Å². The zero-order chi connectivity index (χ0) is 18.3. The van der Waals surface area contributed by atoms with Crippen LogP contribution in [-0.4, -0.2) is 39.7 Å². The summed E-state index contributed by atoms with van der Waals surface area (Å²) in [6.07, 6.45) is -4.73. The first-order valence-corrected chi connectivity index (χ1v) is 7.35. The van der Waals surface area contributed by atoms with E-state index in [1.165, 1.54) is 17.0 Å². The smallest absolute Gasteiger partial charge is 0.395 e. The maximum absolute atomic E-state index is 13.1. The van der Waals surface area contributed by atoms with E-state index < -0.39 is 28.7 Å². The fourth-order valence-electron chi connectivity index (χ4n) is 2.54. The minimum Gasteiger partial charge on any atom is -0.395 e. The van der Waals surface area contributed by atoms with E-state index in [2.05, 4.69) is 0 Å². The number of amides is 1. The van der Waals surface area contributed by atoms with Gasteiger partial charge in [-0.1, -0.05) is 0 Å². The number of nitriles is 1. The van der Waals surface area contributed by atoms with Crippen molar-refractivity contribution in [1.29, 1.82) is 5.26 Å². The van der Waals surface area contributed by atoms with E-state index in [9.17, 15) is 18.0 Å². The van der Waals surface area contributed by atoms with Gasteiger partial charge in [0.2, 0.25) is 0 Å². The van der Waals surface area contributed by atoms with Crippen molar-refractivity contribution in [3.05, 3.63) is 29.3 Å².